The van der Waals surface area contributed by atoms with Gasteiger partial charge in [-0.25, -0.2) is 0 Å². The van der Waals surface area contributed by atoms with Crippen LogP contribution in [-0.4, -0.2) is 48.4 Å². The molecular weight excluding hydrogens is 342 g/mol. The molecule has 1 aromatic rings. The predicted octanol–water partition coefficient (Wildman–Crippen LogP) is 2.18. The maximum Gasteiger partial charge on any atom is 0.255 e. The Kier molecular flexibility index (Phi) is 6.90. The van der Waals surface area contributed by atoms with Gasteiger partial charge in [-0.3, -0.25) is 9.59 Å². The number of carbonyl (C=O) groups excluding carboxylic acids is 2. The van der Waals surface area contributed by atoms with Crippen molar-refractivity contribution in [2.45, 2.75) is 58.0 Å². The summed E-state index contributed by atoms with van der Waals surface area (Å²) in [5, 5.41) is 6.39. The quantitative estimate of drug-likeness (QED) is 0.856. The number of furan rings is 1. The average Bonchev–Trinajstić information content (AvgIpc) is 2.94. The molecule has 6 nitrogen and oxygen atoms in total. The van der Waals surface area contributed by atoms with E-state index < -0.39 is 0 Å². The van der Waals surface area contributed by atoms with E-state index in [2.05, 4.69) is 10.6 Å². The lowest BCUT2D eigenvalue weighted by Gasteiger charge is -2.35. The Balaban J connectivity index is 0.00000225. The zero-order chi connectivity index (χ0) is 17.1. The van der Waals surface area contributed by atoms with Gasteiger partial charge in [-0.1, -0.05) is 6.42 Å². The average molecular weight is 370 g/mol. The number of rotatable bonds is 3. The van der Waals surface area contributed by atoms with Crippen LogP contribution >= 0.6 is 12.4 Å². The Morgan fingerprint density at radius 1 is 1.20 bits per heavy atom. The van der Waals surface area contributed by atoms with Crippen LogP contribution in [0.5, 0.6) is 0 Å². The summed E-state index contributed by atoms with van der Waals surface area (Å²) in [7, 11) is 0. The summed E-state index contributed by atoms with van der Waals surface area (Å²) in [5.41, 5.74) is 0.609. The topological polar surface area (TPSA) is 74.6 Å². The minimum atomic E-state index is -0.0805. The molecule has 0 aromatic carbocycles. The summed E-state index contributed by atoms with van der Waals surface area (Å²) in [6.07, 6.45) is 4.83. The largest absolute Gasteiger partial charge is 0.466 e. The van der Waals surface area contributed by atoms with Crippen molar-refractivity contribution < 1.29 is 14.0 Å². The zero-order valence-corrected chi connectivity index (χ0v) is 15.8. The fourth-order valence-electron chi connectivity index (χ4n) is 3.65. The molecule has 140 valence electrons. The molecule has 0 aliphatic carbocycles. The van der Waals surface area contributed by atoms with Crippen LogP contribution < -0.4 is 10.6 Å². The van der Waals surface area contributed by atoms with E-state index in [1.807, 2.05) is 11.8 Å². The molecule has 0 saturated carbocycles. The fraction of sp³-hybridized carbons (Fsp3) is 0.667. The first kappa shape index (κ1) is 19.8. The van der Waals surface area contributed by atoms with Crippen molar-refractivity contribution in [2.75, 3.05) is 19.6 Å². The predicted molar refractivity (Wildman–Crippen MR) is 98.1 cm³/mol. The van der Waals surface area contributed by atoms with Crippen molar-refractivity contribution in [3.05, 3.63) is 23.2 Å². The first-order valence-electron chi connectivity index (χ1n) is 8.94. The first-order valence-corrected chi connectivity index (χ1v) is 8.94. The number of hydrogen-bond donors (Lipinski definition) is 2. The number of nitrogens with one attached hydrogen (secondary N) is 2. The second kappa shape index (κ2) is 8.72. The first-order chi connectivity index (χ1) is 11.5. The Morgan fingerprint density at radius 2 is 1.92 bits per heavy atom. The molecule has 2 aliphatic heterocycles. The number of halogens is 1. The molecule has 2 N–H and O–H groups in total. The zero-order valence-electron chi connectivity index (χ0n) is 15.0. The number of carbonyl (C=O) groups is 2. The molecule has 0 radical (unpaired) electrons. The van der Waals surface area contributed by atoms with Crippen LogP contribution in [0.3, 0.4) is 0 Å². The summed E-state index contributed by atoms with van der Waals surface area (Å²) in [6, 6.07) is 1.88. The van der Waals surface area contributed by atoms with E-state index in [1.54, 1.807) is 13.0 Å². The summed E-state index contributed by atoms with van der Waals surface area (Å²) in [5.74, 6) is 1.54. The highest BCUT2D eigenvalue weighted by molar-refractivity contribution is 5.95. The smallest absolute Gasteiger partial charge is 0.255 e. The highest BCUT2D eigenvalue weighted by Crippen LogP contribution is 2.17. The van der Waals surface area contributed by atoms with Gasteiger partial charge in [0.1, 0.15) is 11.5 Å². The lowest BCUT2D eigenvalue weighted by molar-refractivity contribution is -0.135. The monoisotopic (exact) mass is 369 g/mol. The molecule has 1 unspecified atom stereocenters. The van der Waals surface area contributed by atoms with Crippen molar-refractivity contribution in [1.29, 1.82) is 0 Å². The summed E-state index contributed by atoms with van der Waals surface area (Å²) < 4.78 is 5.42. The summed E-state index contributed by atoms with van der Waals surface area (Å²) in [6.45, 7) is 6.01. The molecule has 1 atom stereocenters. The van der Waals surface area contributed by atoms with Gasteiger partial charge in [-0.15, -0.1) is 12.4 Å². The van der Waals surface area contributed by atoms with E-state index in [-0.39, 0.29) is 36.3 Å². The van der Waals surface area contributed by atoms with E-state index in [4.69, 9.17) is 4.42 Å². The minimum absolute atomic E-state index is 0. The summed E-state index contributed by atoms with van der Waals surface area (Å²) >= 11 is 0. The molecule has 25 heavy (non-hydrogen) atoms. The van der Waals surface area contributed by atoms with Crippen LogP contribution in [0.1, 0.15) is 54.0 Å². The van der Waals surface area contributed by atoms with Crippen molar-refractivity contribution in [3.63, 3.8) is 0 Å². The SMILES string of the molecule is Cc1cc(C(=O)NC2CCN(C(=O)C3CCCCN3)CC2)c(C)o1.Cl. The van der Waals surface area contributed by atoms with E-state index in [0.717, 1.165) is 44.4 Å². The molecule has 1 aromatic heterocycles. The number of piperidine rings is 2. The third-order valence-corrected chi connectivity index (χ3v) is 5.04. The summed E-state index contributed by atoms with van der Waals surface area (Å²) in [4.78, 5) is 26.8. The van der Waals surface area contributed by atoms with Crippen LogP contribution in [0, 0.1) is 13.8 Å². The van der Waals surface area contributed by atoms with Crippen molar-refractivity contribution in [2.24, 2.45) is 0 Å². The van der Waals surface area contributed by atoms with Crippen molar-refractivity contribution in [3.8, 4) is 0 Å². The molecule has 2 saturated heterocycles. The molecule has 2 aliphatic rings. The molecule has 2 amide bonds. The number of hydrogen-bond acceptors (Lipinski definition) is 4. The number of aryl methyl sites for hydroxylation is 2. The maximum absolute atomic E-state index is 12.5. The molecule has 0 bridgehead atoms. The second-order valence-corrected chi connectivity index (χ2v) is 6.90. The van der Waals surface area contributed by atoms with E-state index in [0.29, 0.717) is 24.4 Å². The lowest BCUT2D eigenvalue weighted by Crippen LogP contribution is -2.53. The van der Waals surface area contributed by atoms with Crippen LogP contribution in [0.4, 0.5) is 0 Å². The van der Waals surface area contributed by atoms with Gasteiger partial charge >= 0.3 is 0 Å². The van der Waals surface area contributed by atoms with Crippen molar-refractivity contribution >= 4 is 24.2 Å². The number of likely N-dealkylation sites (tertiary alicyclic amines) is 1. The molecule has 3 heterocycles. The van der Waals surface area contributed by atoms with Gasteiger partial charge < -0.3 is 20.0 Å². The van der Waals surface area contributed by atoms with E-state index in [1.165, 1.54) is 0 Å². The molecule has 0 spiro atoms. The Hall–Kier alpha value is -1.53. The van der Waals surface area contributed by atoms with Gasteiger partial charge in [0.05, 0.1) is 11.6 Å². The van der Waals surface area contributed by atoms with Gasteiger partial charge in [-0.05, 0) is 52.1 Å². The van der Waals surface area contributed by atoms with Crippen LogP contribution in [0.15, 0.2) is 10.5 Å². The maximum atomic E-state index is 12.5. The van der Waals surface area contributed by atoms with Gasteiger partial charge in [0.2, 0.25) is 5.91 Å². The van der Waals surface area contributed by atoms with Gasteiger partial charge in [0.25, 0.3) is 5.91 Å². The van der Waals surface area contributed by atoms with Crippen molar-refractivity contribution in [1.82, 2.24) is 15.5 Å². The highest BCUT2D eigenvalue weighted by Gasteiger charge is 2.29. The minimum Gasteiger partial charge on any atom is -0.466 e. The Morgan fingerprint density at radius 3 is 2.48 bits per heavy atom. The highest BCUT2D eigenvalue weighted by atomic mass is 35.5. The molecule has 7 heteroatoms. The Bertz CT molecular complexity index is 603. The third kappa shape index (κ3) is 4.76. The lowest BCUT2D eigenvalue weighted by atomic mass is 10.00. The fourth-order valence-corrected chi connectivity index (χ4v) is 3.65. The van der Waals surface area contributed by atoms with E-state index >= 15 is 0 Å². The molecular formula is C18H28ClN3O3. The number of amides is 2. The van der Waals surface area contributed by atoms with Crippen LogP contribution in [0.25, 0.3) is 0 Å². The van der Waals surface area contributed by atoms with Crippen LogP contribution in [-0.2, 0) is 4.79 Å². The number of nitrogens with zero attached hydrogens (tertiary/aromatic N) is 1. The third-order valence-electron chi connectivity index (χ3n) is 5.04. The van der Waals surface area contributed by atoms with Gasteiger partial charge in [-0.2, -0.15) is 0 Å². The van der Waals surface area contributed by atoms with Gasteiger partial charge in [0.15, 0.2) is 0 Å². The second-order valence-electron chi connectivity index (χ2n) is 6.90. The Labute approximate surface area is 155 Å². The molecule has 3 rings (SSSR count). The normalized spacial score (nSPS) is 21.5. The van der Waals surface area contributed by atoms with Crippen LogP contribution in [0.2, 0.25) is 0 Å². The van der Waals surface area contributed by atoms with E-state index in [9.17, 15) is 9.59 Å². The van der Waals surface area contributed by atoms with Gasteiger partial charge in [0, 0.05) is 19.1 Å². The molecule has 2 fully saturated rings. The standard InChI is InChI=1S/C18H27N3O3.ClH/c1-12-11-15(13(2)24-12)17(22)20-14-6-9-21(10-7-14)18(23)16-5-3-4-8-19-16;/h11,14,16,19H,3-10H2,1-2H3,(H,20,22);1H.